The molecule has 1 heterocycles. The molecule has 2 fully saturated rings. The van der Waals surface area contributed by atoms with Crippen LogP contribution < -0.4 is 4.74 Å². The first-order valence-corrected chi connectivity index (χ1v) is 12.6. The van der Waals surface area contributed by atoms with Crippen LogP contribution >= 0.6 is 0 Å². The molecule has 1 aliphatic heterocycles. The molecule has 2 unspecified atom stereocenters. The lowest BCUT2D eigenvalue weighted by atomic mass is 9.66. The van der Waals surface area contributed by atoms with E-state index in [1.54, 1.807) is 7.11 Å². The number of fused-ring (bicyclic) bond motifs is 2. The molecule has 1 aromatic rings. The fourth-order valence-electron chi connectivity index (χ4n) is 7.07. The molecule has 0 amide bonds. The third-order valence-corrected chi connectivity index (χ3v) is 8.74. The quantitative estimate of drug-likeness (QED) is 0.416. The molecular formula is C29H36O5. The number of aliphatic hydroxyl groups excluding tert-OH is 2. The molecule has 2 N–H and O–H groups in total. The van der Waals surface area contributed by atoms with Crippen LogP contribution in [0.2, 0.25) is 0 Å². The lowest BCUT2D eigenvalue weighted by Gasteiger charge is -2.38. The van der Waals surface area contributed by atoms with Crippen molar-refractivity contribution in [2.24, 2.45) is 11.8 Å². The largest absolute Gasteiger partial charge is 0.497 e. The van der Waals surface area contributed by atoms with Gasteiger partial charge in [0, 0.05) is 19.4 Å². The second-order valence-corrected chi connectivity index (χ2v) is 10.5. The highest BCUT2D eigenvalue weighted by Gasteiger charge is 2.76. The fourth-order valence-corrected chi connectivity index (χ4v) is 7.07. The van der Waals surface area contributed by atoms with E-state index in [-0.39, 0.29) is 30.5 Å². The van der Waals surface area contributed by atoms with Gasteiger partial charge in [0.25, 0.3) is 0 Å². The highest BCUT2D eigenvalue weighted by molar-refractivity contribution is 5.93. The van der Waals surface area contributed by atoms with Gasteiger partial charge in [-0.15, -0.1) is 0 Å². The SMILES string of the molecule is C=C(CCO)C[C@]12CCC(C3CCC4=CC(=O)CCC4=C3Cc3ccc(OC)cc3)[C@@]1(CO)O2. The molecule has 5 rings (SSSR count). The standard InChI is InChI=1S/C29H36O5/c1-19(12-14-30)17-28-13-11-27(29(28,18-31)34-28)25-9-5-21-16-22(32)6-10-24(21)26(25)15-20-3-7-23(33-2)8-4-20/h3-4,7-8,16,25,27,30-31H,1,5-6,9-15,17-18H2,2H3/t25?,27?,28-,29-/m1/s1. The number of benzene rings is 1. The topological polar surface area (TPSA) is 79.3 Å². The Morgan fingerprint density at radius 3 is 2.68 bits per heavy atom. The van der Waals surface area contributed by atoms with Crippen molar-refractivity contribution in [3.8, 4) is 5.75 Å². The highest BCUT2D eigenvalue weighted by Crippen LogP contribution is 2.68. The number of ketones is 1. The molecule has 1 aromatic carbocycles. The van der Waals surface area contributed by atoms with Crippen LogP contribution in [0.1, 0.15) is 56.9 Å². The van der Waals surface area contributed by atoms with Gasteiger partial charge in [-0.1, -0.05) is 29.9 Å². The summed E-state index contributed by atoms with van der Waals surface area (Å²) in [5.41, 5.74) is 5.37. The molecule has 3 aliphatic carbocycles. The van der Waals surface area contributed by atoms with Gasteiger partial charge < -0.3 is 19.7 Å². The van der Waals surface area contributed by atoms with Crippen LogP contribution in [0.3, 0.4) is 0 Å². The van der Waals surface area contributed by atoms with Crippen molar-refractivity contribution in [3.63, 3.8) is 0 Å². The number of ether oxygens (including phenoxy) is 2. The Morgan fingerprint density at radius 2 is 1.97 bits per heavy atom. The Labute approximate surface area is 202 Å². The van der Waals surface area contributed by atoms with Crippen molar-refractivity contribution in [1.82, 2.24) is 0 Å². The van der Waals surface area contributed by atoms with Crippen molar-refractivity contribution in [2.45, 2.75) is 69.0 Å². The minimum Gasteiger partial charge on any atom is -0.497 e. The van der Waals surface area contributed by atoms with Gasteiger partial charge in [0.05, 0.1) is 13.7 Å². The zero-order valence-corrected chi connectivity index (χ0v) is 20.1. The molecule has 4 atom stereocenters. The van der Waals surface area contributed by atoms with Gasteiger partial charge in [-0.3, -0.25) is 4.79 Å². The Hall–Kier alpha value is -2.21. The van der Waals surface area contributed by atoms with Crippen molar-refractivity contribution >= 4 is 5.78 Å². The Kier molecular flexibility index (Phi) is 6.30. The first kappa shape index (κ1) is 23.5. The Balaban J connectivity index is 1.47. The number of epoxide rings is 1. The first-order valence-electron chi connectivity index (χ1n) is 12.6. The van der Waals surface area contributed by atoms with E-state index in [4.69, 9.17) is 9.47 Å². The minimum absolute atomic E-state index is 0.0207. The van der Waals surface area contributed by atoms with Crippen molar-refractivity contribution < 1.29 is 24.5 Å². The van der Waals surface area contributed by atoms with Gasteiger partial charge in [-0.05, 0) is 91.7 Å². The summed E-state index contributed by atoms with van der Waals surface area (Å²) < 4.78 is 11.8. The summed E-state index contributed by atoms with van der Waals surface area (Å²) in [6, 6.07) is 8.27. The van der Waals surface area contributed by atoms with Crippen LogP contribution in [0.25, 0.3) is 0 Å². The minimum atomic E-state index is -0.520. The number of aliphatic hydroxyl groups is 2. The van der Waals surface area contributed by atoms with Crippen LogP contribution in [0.15, 0.2) is 59.2 Å². The molecule has 182 valence electrons. The normalized spacial score (nSPS) is 32.2. The Morgan fingerprint density at radius 1 is 1.18 bits per heavy atom. The summed E-state index contributed by atoms with van der Waals surface area (Å²) in [6.07, 6.45) is 9.24. The van der Waals surface area contributed by atoms with E-state index in [9.17, 15) is 15.0 Å². The average molecular weight is 465 g/mol. The molecular weight excluding hydrogens is 428 g/mol. The molecule has 5 nitrogen and oxygen atoms in total. The second kappa shape index (κ2) is 9.10. The zero-order chi connectivity index (χ0) is 23.9. The highest BCUT2D eigenvalue weighted by atomic mass is 16.6. The van der Waals surface area contributed by atoms with Gasteiger partial charge in [-0.2, -0.15) is 0 Å². The summed E-state index contributed by atoms with van der Waals surface area (Å²) in [4.78, 5) is 12.2. The number of methoxy groups -OCH3 is 1. The van der Waals surface area contributed by atoms with Gasteiger partial charge in [0.1, 0.15) is 17.0 Å². The number of hydrogen-bond acceptors (Lipinski definition) is 5. The van der Waals surface area contributed by atoms with Crippen molar-refractivity contribution in [1.29, 1.82) is 0 Å². The smallest absolute Gasteiger partial charge is 0.156 e. The lowest BCUT2D eigenvalue weighted by molar-refractivity contribution is -0.114. The van der Waals surface area contributed by atoms with Gasteiger partial charge in [0.2, 0.25) is 0 Å². The third-order valence-electron chi connectivity index (χ3n) is 8.74. The summed E-state index contributed by atoms with van der Waals surface area (Å²) >= 11 is 0. The van der Waals surface area contributed by atoms with E-state index in [1.165, 1.54) is 22.3 Å². The van der Waals surface area contributed by atoms with E-state index in [0.29, 0.717) is 25.2 Å². The molecule has 4 aliphatic rings. The van der Waals surface area contributed by atoms with E-state index in [1.807, 2.05) is 18.2 Å². The van der Waals surface area contributed by atoms with Crippen LogP contribution in [-0.4, -0.2) is 47.5 Å². The van der Waals surface area contributed by atoms with Gasteiger partial charge in [0.15, 0.2) is 5.78 Å². The van der Waals surface area contributed by atoms with Gasteiger partial charge >= 0.3 is 0 Å². The fraction of sp³-hybridized carbons (Fsp3) is 0.552. The summed E-state index contributed by atoms with van der Waals surface area (Å²) in [5, 5.41) is 19.9. The van der Waals surface area contributed by atoms with E-state index in [0.717, 1.165) is 49.8 Å². The number of carbonyl (C=O) groups excluding carboxylic acids is 1. The predicted molar refractivity (Wildman–Crippen MR) is 131 cm³/mol. The zero-order valence-electron chi connectivity index (χ0n) is 20.1. The number of allylic oxidation sites excluding steroid dienone is 4. The summed E-state index contributed by atoms with van der Waals surface area (Å²) in [6.45, 7) is 4.27. The maximum Gasteiger partial charge on any atom is 0.156 e. The van der Waals surface area contributed by atoms with Gasteiger partial charge in [-0.25, -0.2) is 0 Å². The second-order valence-electron chi connectivity index (χ2n) is 10.5. The van der Waals surface area contributed by atoms with E-state index in [2.05, 4.69) is 18.7 Å². The van der Waals surface area contributed by atoms with Crippen LogP contribution in [-0.2, 0) is 16.0 Å². The summed E-state index contributed by atoms with van der Waals surface area (Å²) in [5.74, 6) is 1.66. The molecule has 0 radical (unpaired) electrons. The molecule has 5 heteroatoms. The molecule has 34 heavy (non-hydrogen) atoms. The predicted octanol–water partition coefficient (Wildman–Crippen LogP) is 4.47. The van der Waals surface area contributed by atoms with Crippen molar-refractivity contribution in [2.75, 3.05) is 20.3 Å². The average Bonchev–Trinajstić information content (AvgIpc) is 3.37. The molecule has 1 saturated carbocycles. The van der Waals surface area contributed by atoms with E-state index < -0.39 is 5.60 Å². The number of carbonyl (C=O) groups is 1. The monoisotopic (exact) mass is 464 g/mol. The number of rotatable bonds is 9. The van der Waals surface area contributed by atoms with Crippen LogP contribution in [0.4, 0.5) is 0 Å². The van der Waals surface area contributed by atoms with E-state index >= 15 is 0 Å². The molecule has 0 bridgehead atoms. The maximum absolute atomic E-state index is 12.2. The first-order chi connectivity index (χ1) is 16.4. The maximum atomic E-state index is 12.2. The Bertz CT molecular complexity index is 1040. The third kappa shape index (κ3) is 3.88. The van der Waals surface area contributed by atoms with Crippen LogP contribution in [0, 0.1) is 11.8 Å². The number of hydrogen-bond donors (Lipinski definition) is 2. The van der Waals surface area contributed by atoms with Crippen molar-refractivity contribution in [3.05, 3.63) is 64.8 Å². The molecule has 0 spiro atoms. The molecule has 0 aromatic heterocycles. The van der Waals surface area contributed by atoms with Crippen LogP contribution in [0.5, 0.6) is 5.75 Å². The summed E-state index contributed by atoms with van der Waals surface area (Å²) in [7, 11) is 1.68. The lowest BCUT2D eigenvalue weighted by Crippen LogP contribution is -2.38. The molecule has 1 saturated heterocycles.